The lowest BCUT2D eigenvalue weighted by Crippen LogP contribution is -2.16. The van der Waals surface area contributed by atoms with Crippen LogP contribution in [0.1, 0.15) is 17.1 Å². The van der Waals surface area contributed by atoms with E-state index in [9.17, 15) is 0 Å². The van der Waals surface area contributed by atoms with Crippen LogP contribution in [0.5, 0.6) is 0 Å². The van der Waals surface area contributed by atoms with Crippen molar-refractivity contribution in [2.45, 2.75) is 19.9 Å². The van der Waals surface area contributed by atoms with Crippen molar-refractivity contribution in [3.8, 4) is 0 Å². The quantitative estimate of drug-likeness (QED) is 0.776. The van der Waals surface area contributed by atoms with Gasteiger partial charge in [0.25, 0.3) is 0 Å². The zero-order chi connectivity index (χ0) is 11.2. The minimum absolute atomic E-state index is 0.806. The van der Waals surface area contributed by atoms with Crippen LogP contribution in [0.25, 0.3) is 0 Å². The van der Waals surface area contributed by atoms with E-state index in [0.717, 1.165) is 31.0 Å². The molecular weight excluding hydrogens is 198 g/mol. The highest BCUT2D eigenvalue weighted by atomic mass is 16.3. The molecule has 0 fully saturated rings. The number of hydrogen-bond donors (Lipinski definition) is 1. The second-order valence-corrected chi connectivity index (χ2v) is 3.92. The van der Waals surface area contributed by atoms with E-state index in [0.29, 0.717) is 0 Å². The van der Waals surface area contributed by atoms with Crippen LogP contribution in [-0.4, -0.2) is 6.54 Å². The molecule has 0 aliphatic carbocycles. The van der Waals surface area contributed by atoms with Crippen LogP contribution in [0.3, 0.4) is 0 Å². The van der Waals surface area contributed by atoms with Crippen LogP contribution in [0.15, 0.2) is 46.9 Å². The maximum atomic E-state index is 5.47. The standard InChI is InChI=1S/C14H17NO/c1-12-7-8-14(16-12)11-15-10-9-13-5-3-2-4-6-13/h2-8,15H,9-11H2,1H3. The smallest absolute Gasteiger partial charge is 0.117 e. The van der Waals surface area contributed by atoms with Crippen LogP contribution in [-0.2, 0) is 13.0 Å². The number of furan rings is 1. The topological polar surface area (TPSA) is 25.2 Å². The lowest BCUT2D eigenvalue weighted by Gasteiger charge is -2.02. The van der Waals surface area contributed by atoms with Crippen molar-refractivity contribution >= 4 is 0 Å². The molecule has 0 amide bonds. The minimum Gasteiger partial charge on any atom is -0.465 e. The van der Waals surface area contributed by atoms with Crippen molar-refractivity contribution in [2.75, 3.05) is 6.54 Å². The molecule has 1 heterocycles. The van der Waals surface area contributed by atoms with Crippen molar-refractivity contribution in [3.63, 3.8) is 0 Å². The Kier molecular flexibility index (Phi) is 3.78. The number of nitrogens with one attached hydrogen (secondary N) is 1. The molecule has 0 bridgehead atoms. The summed E-state index contributed by atoms with van der Waals surface area (Å²) in [6.45, 7) is 3.75. The van der Waals surface area contributed by atoms with Gasteiger partial charge in [-0.25, -0.2) is 0 Å². The van der Waals surface area contributed by atoms with E-state index in [1.54, 1.807) is 0 Å². The molecule has 1 N–H and O–H groups in total. The van der Waals surface area contributed by atoms with Gasteiger partial charge in [-0.05, 0) is 37.6 Å². The second kappa shape index (κ2) is 5.52. The molecule has 1 aromatic carbocycles. The molecule has 0 aliphatic rings. The SMILES string of the molecule is Cc1ccc(CNCCc2ccccc2)o1. The van der Waals surface area contributed by atoms with Crippen molar-refractivity contribution < 1.29 is 4.42 Å². The fourth-order valence-corrected chi connectivity index (χ4v) is 1.67. The monoisotopic (exact) mass is 215 g/mol. The summed E-state index contributed by atoms with van der Waals surface area (Å²) in [7, 11) is 0. The molecule has 0 atom stereocenters. The molecule has 16 heavy (non-hydrogen) atoms. The van der Waals surface area contributed by atoms with Gasteiger partial charge in [0, 0.05) is 0 Å². The Morgan fingerprint density at radius 2 is 1.88 bits per heavy atom. The molecule has 0 saturated carbocycles. The van der Waals surface area contributed by atoms with Crippen molar-refractivity contribution in [2.24, 2.45) is 0 Å². The van der Waals surface area contributed by atoms with E-state index >= 15 is 0 Å². The van der Waals surface area contributed by atoms with E-state index in [4.69, 9.17) is 4.42 Å². The average Bonchev–Trinajstić information content (AvgIpc) is 2.72. The molecule has 2 rings (SSSR count). The summed E-state index contributed by atoms with van der Waals surface area (Å²) in [4.78, 5) is 0. The maximum absolute atomic E-state index is 5.47. The molecular formula is C14H17NO. The summed E-state index contributed by atoms with van der Waals surface area (Å²) in [5, 5.41) is 3.37. The molecule has 0 radical (unpaired) electrons. The first-order chi connectivity index (χ1) is 7.84. The van der Waals surface area contributed by atoms with Gasteiger partial charge in [0.05, 0.1) is 6.54 Å². The molecule has 2 aromatic rings. The molecule has 84 valence electrons. The van der Waals surface area contributed by atoms with Crippen LogP contribution < -0.4 is 5.32 Å². The summed E-state index contributed by atoms with van der Waals surface area (Å²) < 4.78 is 5.47. The lowest BCUT2D eigenvalue weighted by molar-refractivity contribution is 0.463. The van der Waals surface area contributed by atoms with Gasteiger partial charge < -0.3 is 9.73 Å². The third-order valence-electron chi connectivity index (χ3n) is 2.53. The summed E-state index contributed by atoms with van der Waals surface area (Å²) in [6.07, 6.45) is 1.06. The van der Waals surface area contributed by atoms with Gasteiger partial charge in [-0.2, -0.15) is 0 Å². The number of rotatable bonds is 5. The second-order valence-electron chi connectivity index (χ2n) is 3.92. The molecule has 2 heteroatoms. The largest absolute Gasteiger partial charge is 0.465 e. The minimum atomic E-state index is 0.806. The Bertz CT molecular complexity index is 419. The van der Waals surface area contributed by atoms with E-state index in [-0.39, 0.29) is 0 Å². The summed E-state index contributed by atoms with van der Waals surface area (Å²) in [5.74, 6) is 1.98. The van der Waals surface area contributed by atoms with Crippen LogP contribution in [0.2, 0.25) is 0 Å². The van der Waals surface area contributed by atoms with E-state index in [1.165, 1.54) is 5.56 Å². The predicted octanol–water partition coefficient (Wildman–Crippen LogP) is 2.92. The molecule has 1 aromatic heterocycles. The third kappa shape index (κ3) is 3.24. The highest BCUT2D eigenvalue weighted by Crippen LogP contribution is 2.05. The zero-order valence-corrected chi connectivity index (χ0v) is 9.57. The van der Waals surface area contributed by atoms with Gasteiger partial charge >= 0.3 is 0 Å². The van der Waals surface area contributed by atoms with E-state index < -0.39 is 0 Å². The van der Waals surface area contributed by atoms with Gasteiger partial charge in [0.1, 0.15) is 11.5 Å². The summed E-state index contributed by atoms with van der Waals surface area (Å²) >= 11 is 0. The first kappa shape index (κ1) is 11.0. The van der Waals surface area contributed by atoms with Crippen LogP contribution in [0.4, 0.5) is 0 Å². The Labute approximate surface area is 96.3 Å². The normalized spacial score (nSPS) is 10.6. The number of hydrogen-bond acceptors (Lipinski definition) is 2. The fraction of sp³-hybridized carbons (Fsp3) is 0.286. The molecule has 0 aliphatic heterocycles. The Morgan fingerprint density at radius 1 is 1.06 bits per heavy atom. The van der Waals surface area contributed by atoms with Gasteiger partial charge in [-0.3, -0.25) is 0 Å². The Balaban J connectivity index is 1.69. The average molecular weight is 215 g/mol. The molecule has 2 nitrogen and oxygen atoms in total. The lowest BCUT2D eigenvalue weighted by atomic mass is 10.1. The fourth-order valence-electron chi connectivity index (χ4n) is 1.67. The highest BCUT2D eigenvalue weighted by Gasteiger charge is 1.97. The third-order valence-corrected chi connectivity index (χ3v) is 2.53. The maximum Gasteiger partial charge on any atom is 0.117 e. The molecule has 0 unspecified atom stereocenters. The summed E-state index contributed by atoms with van der Waals surface area (Å²) in [6, 6.07) is 14.5. The van der Waals surface area contributed by atoms with Gasteiger partial charge in [0.15, 0.2) is 0 Å². The van der Waals surface area contributed by atoms with Gasteiger partial charge in [0.2, 0.25) is 0 Å². The summed E-state index contributed by atoms with van der Waals surface area (Å²) in [5.41, 5.74) is 1.37. The number of aryl methyl sites for hydroxylation is 1. The van der Waals surface area contributed by atoms with Crippen molar-refractivity contribution in [1.29, 1.82) is 0 Å². The first-order valence-corrected chi connectivity index (χ1v) is 5.64. The van der Waals surface area contributed by atoms with Crippen LogP contribution >= 0.6 is 0 Å². The van der Waals surface area contributed by atoms with Gasteiger partial charge in [-0.15, -0.1) is 0 Å². The van der Waals surface area contributed by atoms with E-state index in [1.807, 2.05) is 25.1 Å². The number of benzene rings is 1. The van der Waals surface area contributed by atoms with Crippen molar-refractivity contribution in [1.82, 2.24) is 5.32 Å². The predicted molar refractivity (Wildman–Crippen MR) is 65.3 cm³/mol. The van der Waals surface area contributed by atoms with Crippen molar-refractivity contribution in [3.05, 3.63) is 59.5 Å². The Hall–Kier alpha value is -1.54. The van der Waals surface area contributed by atoms with Crippen LogP contribution in [0, 0.1) is 6.92 Å². The Morgan fingerprint density at radius 3 is 2.56 bits per heavy atom. The van der Waals surface area contributed by atoms with E-state index in [2.05, 4.69) is 29.6 Å². The first-order valence-electron chi connectivity index (χ1n) is 5.64. The zero-order valence-electron chi connectivity index (χ0n) is 9.57. The van der Waals surface area contributed by atoms with Gasteiger partial charge in [-0.1, -0.05) is 30.3 Å². The molecule has 0 spiro atoms. The highest BCUT2D eigenvalue weighted by molar-refractivity contribution is 5.14. The molecule has 0 saturated heterocycles.